The van der Waals surface area contributed by atoms with E-state index < -0.39 is 0 Å². The first kappa shape index (κ1) is 11.3. The first-order valence-electron chi connectivity index (χ1n) is 5.45. The second-order valence-corrected chi connectivity index (χ2v) is 3.59. The molecule has 8 heteroatoms. The van der Waals surface area contributed by atoms with Crippen LogP contribution in [-0.4, -0.2) is 44.0 Å². The van der Waals surface area contributed by atoms with Gasteiger partial charge < -0.3 is 9.47 Å². The van der Waals surface area contributed by atoms with Gasteiger partial charge in [-0.1, -0.05) is 0 Å². The van der Waals surface area contributed by atoms with E-state index in [0.717, 1.165) is 0 Å². The average Bonchev–Trinajstić information content (AvgIpc) is 2.90. The van der Waals surface area contributed by atoms with Gasteiger partial charge in [-0.05, 0) is 12.1 Å². The molecule has 0 aliphatic rings. The molecule has 3 heterocycles. The standard InChI is InChI=1S/C11H10N6O2/c1-18-10-7(6-12-11(15-10)19-2)9-14-8-4-3-5-13-17(8)16-9/h3-6H,1-2H3. The minimum atomic E-state index is 0.225. The molecule has 0 amide bonds. The summed E-state index contributed by atoms with van der Waals surface area (Å²) >= 11 is 0. The smallest absolute Gasteiger partial charge is 0.319 e. The average molecular weight is 258 g/mol. The molecule has 0 aromatic carbocycles. The van der Waals surface area contributed by atoms with Gasteiger partial charge in [-0.25, -0.2) is 9.97 Å². The summed E-state index contributed by atoms with van der Waals surface area (Å²) in [6.07, 6.45) is 3.19. The minimum absolute atomic E-state index is 0.225. The Bertz CT molecular complexity index is 693. The number of hydrogen-bond acceptors (Lipinski definition) is 7. The van der Waals surface area contributed by atoms with Crippen LogP contribution in [0.5, 0.6) is 11.9 Å². The Morgan fingerprint density at radius 3 is 2.79 bits per heavy atom. The third-order valence-electron chi connectivity index (χ3n) is 2.47. The van der Waals surface area contributed by atoms with Gasteiger partial charge >= 0.3 is 6.01 Å². The molecule has 19 heavy (non-hydrogen) atoms. The molecule has 3 aromatic heterocycles. The molecule has 0 bridgehead atoms. The van der Waals surface area contributed by atoms with Crippen molar-refractivity contribution >= 4 is 5.65 Å². The van der Waals surface area contributed by atoms with Crippen LogP contribution >= 0.6 is 0 Å². The summed E-state index contributed by atoms with van der Waals surface area (Å²) in [6, 6.07) is 3.82. The van der Waals surface area contributed by atoms with E-state index in [1.807, 2.05) is 0 Å². The zero-order chi connectivity index (χ0) is 13.2. The molecule has 0 fully saturated rings. The van der Waals surface area contributed by atoms with E-state index in [4.69, 9.17) is 9.47 Å². The summed E-state index contributed by atoms with van der Waals surface area (Å²) in [5.41, 5.74) is 1.21. The normalized spacial score (nSPS) is 10.6. The molecule has 0 unspecified atom stereocenters. The molecule has 0 saturated heterocycles. The third-order valence-corrected chi connectivity index (χ3v) is 2.47. The van der Waals surface area contributed by atoms with Crippen molar-refractivity contribution in [2.75, 3.05) is 14.2 Å². The monoisotopic (exact) mass is 258 g/mol. The van der Waals surface area contributed by atoms with Crippen LogP contribution in [0, 0.1) is 0 Å². The van der Waals surface area contributed by atoms with Crippen LogP contribution in [0.3, 0.4) is 0 Å². The summed E-state index contributed by atoms with van der Waals surface area (Å²) in [6.45, 7) is 0. The lowest BCUT2D eigenvalue weighted by molar-refractivity contribution is 0.353. The summed E-state index contributed by atoms with van der Waals surface area (Å²) in [7, 11) is 3.00. The molecule has 3 aromatic rings. The first-order chi connectivity index (χ1) is 9.31. The highest BCUT2D eigenvalue weighted by Gasteiger charge is 2.15. The summed E-state index contributed by atoms with van der Waals surface area (Å²) in [5, 5.41) is 8.29. The van der Waals surface area contributed by atoms with E-state index in [0.29, 0.717) is 22.9 Å². The SMILES string of the molecule is COc1ncc(-c2nc3cccnn3n2)c(OC)n1. The van der Waals surface area contributed by atoms with Crippen LogP contribution in [0.25, 0.3) is 17.0 Å². The summed E-state index contributed by atoms with van der Waals surface area (Å²) in [4.78, 5) is 12.5. The highest BCUT2D eigenvalue weighted by Crippen LogP contribution is 2.26. The van der Waals surface area contributed by atoms with Gasteiger partial charge in [0.25, 0.3) is 0 Å². The largest absolute Gasteiger partial charge is 0.480 e. The van der Waals surface area contributed by atoms with Gasteiger partial charge in [0.2, 0.25) is 5.88 Å². The molecule has 0 spiro atoms. The summed E-state index contributed by atoms with van der Waals surface area (Å²) < 4.78 is 11.6. The van der Waals surface area contributed by atoms with Gasteiger partial charge in [0, 0.05) is 12.4 Å². The van der Waals surface area contributed by atoms with Crippen LogP contribution in [0.2, 0.25) is 0 Å². The van der Waals surface area contributed by atoms with Crippen molar-refractivity contribution in [3.05, 3.63) is 24.5 Å². The third kappa shape index (κ3) is 1.92. The molecule has 0 atom stereocenters. The van der Waals surface area contributed by atoms with E-state index in [1.165, 1.54) is 18.8 Å². The van der Waals surface area contributed by atoms with Crippen molar-refractivity contribution in [1.82, 2.24) is 29.8 Å². The maximum atomic E-state index is 5.20. The van der Waals surface area contributed by atoms with Crippen LogP contribution in [0.4, 0.5) is 0 Å². The Balaban J connectivity index is 2.15. The number of rotatable bonds is 3. The molecule has 0 radical (unpaired) electrons. The molecular weight excluding hydrogens is 248 g/mol. The lowest BCUT2D eigenvalue weighted by Crippen LogP contribution is -1.98. The maximum absolute atomic E-state index is 5.20. The topological polar surface area (TPSA) is 87.3 Å². The van der Waals surface area contributed by atoms with Crippen LogP contribution < -0.4 is 9.47 Å². The number of fused-ring (bicyclic) bond motifs is 1. The minimum Gasteiger partial charge on any atom is -0.480 e. The Hall–Kier alpha value is -2.77. The molecule has 0 aliphatic carbocycles. The molecule has 8 nitrogen and oxygen atoms in total. The van der Waals surface area contributed by atoms with Gasteiger partial charge in [-0.3, -0.25) is 0 Å². The van der Waals surface area contributed by atoms with Gasteiger partial charge in [-0.2, -0.15) is 10.1 Å². The molecular formula is C11H10N6O2. The molecule has 0 aliphatic heterocycles. The predicted molar refractivity (Wildman–Crippen MR) is 64.9 cm³/mol. The van der Waals surface area contributed by atoms with E-state index >= 15 is 0 Å². The van der Waals surface area contributed by atoms with Gasteiger partial charge in [0.05, 0.1) is 14.2 Å². The van der Waals surface area contributed by atoms with Gasteiger partial charge in [-0.15, -0.1) is 9.73 Å². The second kappa shape index (κ2) is 4.48. The zero-order valence-corrected chi connectivity index (χ0v) is 10.3. The van der Waals surface area contributed by atoms with Gasteiger partial charge in [0.15, 0.2) is 11.5 Å². The Labute approximate surface area is 108 Å². The van der Waals surface area contributed by atoms with Crippen molar-refractivity contribution in [2.45, 2.75) is 0 Å². The Kier molecular flexibility index (Phi) is 2.67. The quantitative estimate of drug-likeness (QED) is 0.679. The number of nitrogens with zero attached hydrogens (tertiary/aromatic N) is 6. The van der Waals surface area contributed by atoms with E-state index in [-0.39, 0.29) is 6.01 Å². The fourth-order valence-corrected chi connectivity index (χ4v) is 1.61. The van der Waals surface area contributed by atoms with E-state index in [9.17, 15) is 0 Å². The van der Waals surface area contributed by atoms with E-state index in [1.54, 1.807) is 24.5 Å². The fraction of sp³-hybridized carbons (Fsp3) is 0.182. The molecule has 3 rings (SSSR count). The first-order valence-corrected chi connectivity index (χ1v) is 5.45. The number of hydrogen-bond donors (Lipinski definition) is 0. The molecule has 96 valence electrons. The summed E-state index contributed by atoms with van der Waals surface area (Å²) in [5.74, 6) is 0.793. The number of aromatic nitrogens is 6. The number of ether oxygens (including phenoxy) is 2. The van der Waals surface area contributed by atoms with Crippen molar-refractivity contribution < 1.29 is 9.47 Å². The molecule has 0 saturated carbocycles. The van der Waals surface area contributed by atoms with Crippen LogP contribution in [0.15, 0.2) is 24.5 Å². The second-order valence-electron chi connectivity index (χ2n) is 3.59. The van der Waals surface area contributed by atoms with Crippen LogP contribution in [0.1, 0.15) is 0 Å². The maximum Gasteiger partial charge on any atom is 0.319 e. The van der Waals surface area contributed by atoms with Crippen molar-refractivity contribution in [2.24, 2.45) is 0 Å². The van der Waals surface area contributed by atoms with Crippen molar-refractivity contribution in [3.8, 4) is 23.3 Å². The lowest BCUT2D eigenvalue weighted by atomic mass is 10.3. The van der Waals surface area contributed by atoms with E-state index in [2.05, 4.69) is 25.1 Å². The van der Waals surface area contributed by atoms with Crippen LogP contribution in [-0.2, 0) is 0 Å². The zero-order valence-electron chi connectivity index (χ0n) is 10.3. The predicted octanol–water partition coefficient (Wildman–Crippen LogP) is 0.598. The fourth-order valence-electron chi connectivity index (χ4n) is 1.61. The Morgan fingerprint density at radius 2 is 2.05 bits per heavy atom. The highest BCUT2D eigenvalue weighted by atomic mass is 16.5. The van der Waals surface area contributed by atoms with Crippen molar-refractivity contribution in [3.63, 3.8) is 0 Å². The molecule has 0 N–H and O–H groups in total. The van der Waals surface area contributed by atoms with Gasteiger partial charge in [0.1, 0.15) is 5.56 Å². The Morgan fingerprint density at radius 1 is 1.16 bits per heavy atom. The van der Waals surface area contributed by atoms with Crippen molar-refractivity contribution in [1.29, 1.82) is 0 Å². The highest BCUT2D eigenvalue weighted by molar-refractivity contribution is 5.62. The number of methoxy groups -OCH3 is 2. The lowest BCUT2D eigenvalue weighted by Gasteiger charge is -2.04.